The summed E-state index contributed by atoms with van der Waals surface area (Å²) >= 11 is 0. The molecule has 0 aromatic heterocycles. The first kappa shape index (κ1) is 16.5. The molecule has 6 unspecified atom stereocenters. The maximum atomic E-state index is 10.5. The number of fused-ring (bicyclic) bond motifs is 3. The third-order valence-electron chi connectivity index (χ3n) is 7.80. The molecule has 3 fully saturated rings. The molecule has 1 N–H and O–H groups in total. The summed E-state index contributed by atoms with van der Waals surface area (Å²) in [5.41, 5.74) is 0.106. The van der Waals surface area contributed by atoms with Crippen LogP contribution in [0.2, 0.25) is 0 Å². The average molecular weight is 306 g/mol. The number of aliphatic hydroxyl groups excluding tert-OH is 1. The highest BCUT2D eigenvalue weighted by atomic mass is 16.5. The SMILES string of the molecule is C=CC1(C)CCC2C(C)(CCC3C(C)(C)C(O)CCC23C)O1. The maximum Gasteiger partial charge on any atom is 0.0839 e. The summed E-state index contributed by atoms with van der Waals surface area (Å²) in [5.74, 6) is 1.19. The molecule has 0 aromatic carbocycles. The third-order valence-corrected chi connectivity index (χ3v) is 7.80. The van der Waals surface area contributed by atoms with E-state index in [9.17, 15) is 5.11 Å². The fourth-order valence-electron chi connectivity index (χ4n) is 6.41. The van der Waals surface area contributed by atoms with Crippen molar-refractivity contribution in [3.63, 3.8) is 0 Å². The minimum Gasteiger partial charge on any atom is -0.393 e. The summed E-state index contributed by atoms with van der Waals surface area (Å²) in [4.78, 5) is 0. The Hall–Kier alpha value is -0.340. The van der Waals surface area contributed by atoms with Gasteiger partial charge in [-0.2, -0.15) is 0 Å². The van der Waals surface area contributed by atoms with E-state index in [1.807, 2.05) is 6.08 Å². The zero-order valence-electron chi connectivity index (χ0n) is 15.1. The summed E-state index contributed by atoms with van der Waals surface area (Å²) in [6.45, 7) is 15.5. The van der Waals surface area contributed by atoms with Gasteiger partial charge in [0.2, 0.25) is 0 Å². The Morgan fingerprint density at radius 1 is 0.955 bits per heavy atom. The number of aliphatic hydroxyl groups is 1. The van der Waals surface area contributed by atoms with Gasteiger partial charge in [0.1, 0.15) is 0 Å². The van der Waals surface area contributed by atoms with Gasteiger partial charge in [0.25, 0.3) is 0 Å². The standard InChI is InChI=1S/C20H34O2/c1-7-18(4)11-8-15-19(5)12-10-16(21)17(2,3)14(19)9-13-20(15,6)22-18/h7,14-16,21H,1,8-13H2,2-6H3. The first-order valence-electron chi connectivity index (χ1n) is 9.09. The second-order valence-electron chi connectivity index (χ2n) is 9.50. The van der Waals surface area contributed by atoms with Crippen molar-refractivity contribution >= 4 is 0 Å². The van der Waals surface area contributed by atoms with Gasteiger partial charge >= 0.3 is 0 Å². The third kappa shape index (κ3) is 2.13. The van der Waals surface area contributed by atoms with Crippen molar-refractivity contribution < 1.29 is 9.84 Å². The van der Waals surface area contributed by atoms with Gasteiger partial charge in [-0.15, -0.1) is 6.58 Å². The molecular weight excluding hydrogens is 272 g/mol. The van der Waals surface area contributed by atoms with Gasteiger partial charge < -0.3 is 9.84 Å². The van der Waals surface area contributed by atoms with Crippen molar-refractivity contribution in [2.45, 2.75) is 90.4 Å². The Morgan fingerprint density at radius 3 is 2.23 bits per heavy atom. The number of ether oxygens (including phenoxy) is 1. The van der Waals surface area contributed by atoms with Crippen LogP contribution in [0.4, 0.5) is 0 Å². The molecule has 2 saturated carbocycles. The molecule has 2 nitrogen and oxygen atoms in total. The van der Waals surface area contributed by atoms with Crippen LogP contribution >= 0.6 is 0 Å². The van der Waals surface area contributed by atoms with Crippen molar-refractivity contribution in [3.8, 4) is 0 Å². The minimum atomic E-state index is -0.169. The van der Waals surface area contributed by atoms with Gasteiger partial charge in [-0.05, 0) is 75.0 Å². The van der Waals surface area contributed by atoms with Gasteiger partial charge in [-0.3, -0.25) is 0 Å². The molecule has 0 aromatic rings. The topological polar surface area (TPSA) is 29.5 Å². The fourth-order valence-corrected chi connectivity index (χ4v) is 6.41. The summed E-state index contributed by atoms with van der Waals surface area (Å²) in [6, 6.07) is 0. The highest BCUT2D eigenvalue weighted by Gasteiger charge is 2.62. The fraction of sp³-hybridized carbons (Fsp3) is 0.900. The normalized spacial score (nSPS) is 54.2. The highest BCUT2D eigenvalue weighted by molar-refractivity contribution is 5.13. The van der Waals surface area contributed by atoms with Gasteiger partial charge in [0.15, 0.2) is 0 Å². The summed E-state index contributed by atoms with van der Waals surface area (Å²) < 4.78 is 6.64. The van der Waals surface area contributed by atoms with E-state index in [0.29, 0.717) is 11.8 Å². The molecule has 0 radical (unpaired) electrons. The first-order valence-corrected chi connectivity index (χ1v) is 9.09. The molecular formula is C20H34O2. The van der Waals surface area contributed by atoms with Crippen LogP contribution in [0, 0.1) is 22.7 Å². The van der Waals surface area contributed by atoms with E-state index in [0.717, 1.165) is 25.7 Å². The zero-order chi connectivity index (χ0) is 16.4. The molecule has 2 heteroatoms. The van der Waals surface area contributed by atoms with Gasteiger partial charge in [0, 0.05) is 0 Å². The molecule has 0 bridgehead atoms. The monoisotopic (exact) mass is 306 g/mol. The number of rotatable bonds is 1. The Labute approximate surface area is 136 Å². The van der Waals surface area contributed by atoms with E-state index in [4.69, 9.17) is 4.74 Å². The van der Waals surface area contributed by atoms with Crippen LogP contribution in [0.3, 0.4) is 0 Å². The molecule has 22 heavy (non-hydrogen) atoms. The van der Waals surface area contributed by atoms with Gasteiger partial charge in [0.05, 0.1) is 17.3 Å². The quantitative estimate of drug-likeness (QED) is 0.711. The summed E-state index contributed by atoms with van der Waals surface area (Å²) in [7, 11) is 0. The van der Waals surface area contributed by atoms with E-state index in [2.05, 4.69) is 41.2 Å². The number of hydrogen-bond donors (Lipinski definition) is 1. The van der Waals surface area contributed by atoms with E-state index in [-0.39, 0.29) is 28.1 Å². The molecule has 1 aliphatic heterocycles. The predicted octanol–water partition coefficient (Wildman–Crippen LogP) is 4.71. The second-order valence-corrected chi connectivity index (χ2v) is 9.50. The summed E-state index contributed by atoms with van der Waals surface area (Å²) in [5, 5.41) is 10.5. The van der Waals surface area contributed by atoms with Crippen LogP contribution in [0.15, 0.2) is 12.7 Å². The Bertz CT molecular complexity index is 470. The van der Waals surface area contributed by atoms with Crippen LogP contribution in [0.25, 0.3) is 0 Å². The molecule has 3 aliphatic rings. The number of hydrogen-bond acceptors (Lipinski definition) is 2. The van der Waals surface area contributed by atoms with Crippen LogP contribution in [0.1, 0.15) is 73.1 Å². The lowest BCUT2D eigenvalue weighted by Gasteiger charge is -2.65. The Kier molecular flexibility index (Phi) is 3.63. The van der Waals surface area contributed by atoms with E-state index in [1.54, 1.807) is 0 Å². The Morgan fingerprint density at radius 2 is 1.59 bits per heavy atom. The zero-order valence-corrected chi connectivity index (χ0v) is 15.1. The van der Waals surface area contributed by atoms with Gasteiger partial charge in [-0.1, -0.05) is 26.8 Å². The van der Waals surface area contributed by atoms with Crippen molar-refractivity contribution in [2.75, 3.05) is 0 Å². The van der Waals surface area contributed by atoms with E-state index >= 15 is 0 Å². The second kappa shape index (κ2) is 4.83. The van der Waals surface area contributed by atoms with Gasteiger partial charge in [-0.25, -0.2) is 0 Å². The molecule has 1 saturated heterocycles. The summed E-state index contributed by atoms with van der Waals surface area (Å²) in [6.07, 6.45) is 8.48. The molecule has 1 heterocycles. The molecule has 3 rings (SSSR count). The van der Waals surface area contributed by atoms with Crippen LogP contribution in [-0.2, 0) is 4.74 Å². The molecule has 0 spiro atoms. The molecule has 126 valence electrons. The van der Waals surface area contributed by atoms with Crippen molar-refractivity contribution in [3.05, 3.63) is 12.7 Å². The minimum absolute atomic E-state index is 0.0213. The van der Waals surface area contributed by atoms with Crippen molar-refractivity contribution in [1.29, 1.82) is 0 Å². The van der Waals surface area contributed by atoms with E-state index in [1.165, 1.54) is 12.8 Å². The molecule has 6 atom stereocenters. The lowest BCUT2D eigenvalue weighted by Crippen LogP contribution is -2.64. The molecule has 2 aliphatic carbocycles. The van der Waals surface area contributed by atoms with E-state index < -0.39 is 0 Å². The lowest BCUT2D eigenvalue weighted by molar-refractivity contribution is -0.262. The van der Waals surface area contributed by atoms with Crippen LogP contribution in [-0.4, -0.2) is 22.4 Å². The smallest absolute Gasteiger partial charge is 0.0839 e. The van der Waals surface area contributed by atoms with Crippen molar-refractivity contribution in [2.24, 2.45) is 22.7 Å². The average Bonchev–Trinajstić information content (AvgIpc) is 2.42. The largest absolute Gasteiger partial charge is 0.393 e. The Balaban J connectivity index is 1.95. The highest BCUT2D eigenvalue weighted by Crippen LogP contribution is 2.65. The van der Waals surface area contributed by atoms with Crippen LogP contribution < -0.4 is 0 Å². The van der Waals surface area contributed by atoms with Crippen molar-refractivity contribution in [1.82, 2.24) is 0 Å². The maximum absolute atomic E-state index is 10.5. The van der Waals surface area contributed by atoms with Crippen LogP contribution in [0.5, 0.6) is 0 Å². The lowest BCUT2D eigenvalue weighted by atomic mass is 9.44. The molecule has 0 amide bonds. The first-order chi connectivity index (χ1) is 10.1. The predicted molar refractivity (Wildman–Crippen MR) is 90.7 cm³/mol.